The van der Waals surface area contributed by atoms with Crippen LogP contribution in [0.3, 0.4) is 0 Å². The van der Waals surface area contributed by atoms with Crippen LogP contribution < -0.4 is 24.3 Å². The Kier molecular flexibility index (Phi) is 18.3. The Morgan fingerprint density at radius 1 is 0.784 bits per heavy atom. The van der Waals surface area contributed by atoms with Gasteiger partial charge in [-0.15, -0.1) is 0 Å². The number of halogens is 4. The first-order valence-corrected chi connectivity index (χ1v) is 32.0. The lowest BCUT2D eigenvalue weighted by Gasteiger charge is -2.44. The van der Waals surface area contributed by atoms with E-state index < -0.39 is 42.5 Å². The summed E-state index contributed by atoms with van der Waals surface area (Å²) in [6.07, 6.45) is 2.80. The number of benzene rings is 4. The van der Waals surface area contributed by atoms with E-state index in [2.05, 4.69) is 105 Å². The van der Waals surface area contributed by atoms with Gasteiger partial charge in [0.25, 0.3) is 5.91 Å². The third-order valence-corrected chi connectivity index (χ3v) is 20.3. The summed E-state index contributed by atoms with van der Waals surface area (Å²) in [6, 6.07) is 26.8. The van der Waals surface area contributed by atoms with Crippen LogP contribution in [0, 0.1) is 29.6 Å². The first kappa shape index (κ1) is 61.0. The predicted molar refractivity (Wildman–Crippen MR) is 339 cm³/mol. The molecule has 1 amide bonds. The maximum Gasteiger partial charge on any atom is 0.318 e. The average Bonchev–Trinajstić information content (AvgIpc) is 4.15. The average molecular weight is 1240 g/mol. The first-order chi connectivity index (χ1) is 42.7. The third-order valence-electron chi connectivity index (χ3n) is 18.9. The van der Waals surface area contributed by atoms with E-state index >= 15 is 0 Å². The first-order valence-electron chi connectivity index (χ1n) is 30.6. The molecule has 4 saturated heterocycles. The molecule has 4 aromatic carbocycles. The number of carbonyl (C=O) groups is 1. The van der Waals surface area contributed by atoms with E-state index in [1.54, 1.807) is 16.7 Å². The number of aryl methyl sites for hydroxylation is 1. The molecule has 8 heterocycles. The number of nitrogens with zero attached hydrogens (tertiary/aromatic N) is 14. The van der Waals surface area contributed by atoms with E-state index in [0.29, 0.717) is 100 Å². The van der Waals surface area contributed by atoms with Gasteiger partial charge in [0.2, 0.25) is 0 Å². The zero-order valence-electron chi connectivity index (χ0n) is 49.9. The summed E-state index contributed by atoms with van der Waals surface area (Å²) in [4.78, 5) is 50.4. The Balaban J connectivity index is 0.833. The van der Waals surface area contributed by atoms with Gasteiger partial charge in [-0.25, -0.2) is 23.1 Å². The predicted octanol–water partition coefficient (Wildman–Crippen LogP) is 9.67. The van der Waals surface area contributed by atoms with Crippen molar-refractivity contribution in [2.24, 2.45) is 0 Å². The summed E-state index contributed by atoms with van der Waals surface area (Å²) in [5.41, 5.74) is 8.08. The van der Waals surface area contributed by atoms with Gasteiger partial charge in [0.05, 0.1) is 60.5 Å². The van der Waals surface area contributed by atoms with Gasteiger partial charge in [0, 0.05) is 123 Å². The van der Waals surface area contributed by atoms with Gasteiger partial charge in [0.1, 0.15) is 30.7 Å². The number of aliphatic hydroxyl groups excluding tert-OH is 1. The Morgan fingerprint density at radius 3 is 2.18 bits per heavy atom. The molecule has 6 aliphatic heterocycles. The van der Waals surface area contributed by atoms with Gasteiger partial charge in [-0.05, 0) is 98.6 Å². The van der Waals surface area contributed by atoms with Crippen LogP contribution >= 0.6 is 23.4 Å². The highest BCUT2D eigenvalue weighted by molar-refractivity contribution is 7.99. The third kappa shape index (κ3) is 12.4. The highest BCUT2D eigenvalue weighted by Crippen LogP contribution is 2.43. The lowest BCUT2D eigenvalue weighted by atomic mass is 9.91. The molecule has 0 saturated carbocycles. The monoisotopic (exact) mass is 1230 g/mol. The van der Waals surface area contributed by atoms with Gasteiger partial charge < -0.3 is 39.2 Å². The number of ether oxygens (including phenoxy) is 1. The number of thioether (sulfide) groups is 1. The van der Waals surface area contributed by atoms with Crippen molar-refractivity contribution in [1.29, 1.82) is 10.5 Å². The molecule has 6 aromatic rings. The number of fused-ring (bicyclic) bond motifs is 4. The van der Waals surface area contributed by atoms with Gasteiger partial charge in [-0.2, -0.15) is 20.5 Å². The van der Waals surface area contributed by atoms with Crippen molar-refractivity contribution in [3.8, 4) is 18.1 Å². The van der Waals surface area contributed by atoms with Crippen molar-refractivity contribution in [2.45, 2.75) is 106 Å². The number of rotatable bonds is 18. The smallest absolute Gasteiger partial charge is 0.318 e. The molecule has 0 spiro atoms. The highest BCUT2D eigenvalue weighted by atomic mass is 35.5. The van der Waals surface area contributed by atoms with Crippen LogP contribution in [0.5, 0.6) is 6.01 Å². The van der Waals surface area contributed by atoms with Crippen molar-refractivity contribution in [1.82, 2.24) is 39.5 Å². The standard InChI is InChI=1S/C66H74ClF3N14O3S/c1-41-9-5-12-45-31-46(33-58(59(41)45)80-25-19-53-56(38-80)74-66(88-40-50-13-8-23-77(50)4)76-62(53)82-28-30-84(64(86)43(3)70)49(36-82)17-22-72)47-32-51(78(34-47)26-20-68)39-87-65-73-55-37-79(57-15-7-11-44-10-6-14-54(67)60(44)57)24-18-52(55)61(75-65)81-27-29-83(63(85)42(2)69)48(35-81)16-21-71/h5-7,9-12,14-15,31,33,47-51,64,86H,2-3,8,13,16-20,23-30,32,34-40H2,1,4H3/t47?,48-,49-,50-,51-,64?/m0/s1. The van der Waals surface area contributed by atoms with E-state index in [1.807, 2.05) is 30.3 Å². The lowest BCUT2D eigenvalue weighted by molar-refractivity contribution is -0.131. The second kappa shape index (κ2) is 26.5. The van der Waals surface area contributed by atoms with Crippen molar-refractivity contribution in [3.05, 3.63) is 130 Å². The molecule has 460 valence electrons. The molecule has 6 aliphatic rings. The van der Waals surface area contributed by atoms with Crippen molar-refractivity contribution in [3.63, 3.8) is 0 Å². The Hall–Kier alpha value is -7.24. The molecule has 2 unspecified atom stereocenters. The zero-order chi connectivity index (χ0) is 61.3. The molecule has 0 aliphatic carbocycles. The minimum atomic E-state index is -1.50. The fraction of sp³-hybridized carbons (Fsp3) is 0.470. The van der Waals surface area contributed by atoms with Crippen molar-refractivity contribution in [2.75, 3.05) is 118 Å². The summed E-state index contributed by atoms with van der Waals surface area (Å²) in [6.45, 7) is 14.5. The number of aliphatic hydroxyl groups is 1. The second-order valence-corrected chi connectivity index (χ2v) is 25.6. The SMILES string of the molecule is C=C(F)C(=O)N1CCN(c2nc(OC[C@@H]3CC(c4cc(N5CCc6c(nc(SC[C@@H]7CCCN7C)nc6N6CCN(C(O)C(=C)F)[C@@H](CC#N)C6)C5)c5c(C)cccc5c4)CN3CCF)nc3c2CCN(c2cccc4cccc(Cl)c24)C3)C[C@@H]1CC#N. The Bertz CT molecular complexity index is 3730. The van der Waals surface area contributed by atoms with Crippen LogP contribution in [-0.2, 0) is 30.7 Å². The molecule has 6 atom stereocenters. The van der Waals surface area contributed by atoms with Crippen LogP contribution in [-0.4, -0.2) is 179 Å². The molecule has 12 rings (SSSR count). The van der Waals surface area contributed by atoms with Gasteiger partial charge in [0.15, 0.2) is 17.2 Å². The van der Waals surface area contributed by atoms with Crippen LogP contribution in [0.2, 0.25) is 5.02 Å². The largest absolute Gasteiger partial charge is 0.462 e. The quantitative estimate of drug-likeness (QED) is 0.0489. The van der Waals surface area contributed by atoms with Gasteiger partial charge >= 0.3 is 6.01 Å². The van der Waals surface area contributed by atoms with E-state index in [1.165, 1.54) is 4.90 Å². The number of hydrogen-bond donors (Lipinski definition) is 1. The number of piperazine rings is 2. The minimum absolute atomic E-state index is 0.00593. The van der Waals surface area contributed by atoms with E-state index in [9.17, 15) is 33.6 Å². The molecule has 0 bridgehead atoms. The number of likely N-dealkylation sites (tertiary alicyclic amines) is 2. The summed E-state index contributed by atoms with van der Waals surface area (Å²) >= 11 is 8.55. The molecule has 22 heteroatoms. The van der Waals surface area contributed by atoms with Crippen molar-refractivity contribution >= 4 is 73.8 Å². The number of amides is 1. The number of hydrogen-bond acceptors (Lipinski definition) is 17. The topological polar surface area (TPSA) is 172 Å². The van der Waals surface area contributed by atoms with Crippen molar-refractivity contribution < 1.29 is 27.8 Å². The summed E-state index contributed by atoms with van der Waals surface area (Å²) in [5.74, 6) is -0.384. The molecule has 17 nitrogen and oxygen atoms in total. The molecule has 0 radical (unpaired) electrons. The van der Waals surface area contributed by atoms with E-state index in [0.717, 1.165) is 97.5 Å². The molecular formula is C66H74ClF3N14O3S. The number of carbonyl (C=O) groups excluding carboxylic acids is 1. The van der Waals surface area contributed by atoms with E-state index in [4.69, 9.17) is 36.3 Å². The van der Waals surface area contributed by atoms with Gasteiger partial charge in [-0.3, -0.25) is 14.6 Å². The lowest BCUT2D eigenvalue weighted by Crippen LogP contribution is -2.57. The Morgan fingerprint density at radius 2 is 1.47 bits per heavy atom. The summed E-state index contributed by atoms with van der Waals surface area (Å²) in [5, 5.41) is 36.1. The van der Waals surface area contributed by atoms with Crippen LogP contribution in [0.1, 0.15) is 71.7 Å². The van der Waals surface area contributed by atoms with Crippen LogP contribution in [0.15, 0.2) is 96.7 Å². The molecule has 2 aromatic heterocycles. The zero-order valence-corrected chi connectivity index (χ0v) is 51.5. The molecular weight excluding hydrogens is 1160 g/mol. The fourth-order valence-electron chi connectivity index (χ4n) is 14.4. The van der Waals surface area contributed by atoms with E-state index in [-0.39, 0.29) is 57.1 Å². The molecule has 88 heavy (non-hydrogen) atoms. The van der Waals surface area contributed by atoms with Gasteiger partial charge in [-0.1, -0.05) is 85.1 Å². The molecule has 4 fully saturated rings. The number of nitriles is 2. The fourth-order valence-corrected chi connectivity index (χ4v) is 15.8. The molecule has 1 N–H and O–H groups in total. The Labute approximate surface area is 521 Å². The maximum absolute atomic E-state index is 14.7. The maximum atomic E-state index is 14.7. The second-order valence-electron chi connectivity index (χ2n) is 24.2. The summed E-state index contributed by atoms with van der Waals surface area (Å²) in [7, 11) is 2.17. The number of aromatic nitrogens is 4. The van der Waals surface area contributed by atoms with Crippen LogP contribution in [0.4, 0.5) is 36.2 Å². The number of alkyl halides is 1. The number of anilines is 4. The highest BCUT2D eigenvalue weighted by Gasteiger charge is 2.39. The van der Waals surface area contributed by atoms with Crippen LogP contribution in [0.25, 0.3) is 21.5 Å². The minimum Gasteiger partial charge on any atom is -0.462 e. The summed E-state index contributed by atoms with van der Waals surface area (Å²) < 4.78 is 50.2. The normalized spacial score (nSPS) is 22.2.